The molecule has 0 bridgehead atoms. The summed E-state index contributed by atoms with van der Waals surface area (Å²) in [5.41, 5.74) is -0.112. The topological polar surface area (TPSA) is 59.3 Å². The Kier molecular flexibility index (Phi) is 6.34. The third-order valence-corrected chi connectivity index (χ3v) is 1.31. The zero-order valence-electron chi connectivity index (χ0n) is 7.87. The molecule has 0 saturated heterocycles. The van der Waals surface area contributed by atoms with Gasteiger partial charge >= 0.3 is 5.97 Å². The second-order valence-electron chi connectivity index (χ2n) is 2.37. The van der Waals surface area contributed by atoms with Gasteiger partial charge in [-0.3, -0.25) is 0 Å². The summed E-state index contributed by atoms with van der Waals surface area (Å²) in [6, 6.07) is 1.69. The lowest BCUT2D eigenvalue weighted by Gasteiger charge is -2.01. The minimum absolute atomic E-state index is 0.112. The van der Waals surface area contributed by atoms with Crippen LogP contribution in [0.15, 0.2) is 11.8 Å². The van der Waals surface area contributed by atoms with Crippen LogP contribution in [0, 0.1) is 11.3 Å². The molecule has 4 nitrogen and oxygen atoms in total. The standard InChI is InChI=1S/C9H13NO3/c1-3-4-5-13-9(11)8(6-10)7-12-2/h7H,3-5H2,1-2H3/b8-7-. The van der Waals surface area contributed by atoms with Gasteiger partial charge in [-0.05, 0) is 6.42 Å². The molecule has 0 aliphatic carbocycles. The van der Waals surface area contributed by atoms with Crippen LogP contribution in [-0.4, -0.2) is 19.7 Å². The van der Waals surface area contributed by atoms with Crippen LogP contribution >= 0.6 is 0 Å². The van der Waals surface area contributed by atoms with Crippen LogP contribution in [-0.2, 0) is 14.3 Å². The highest BCUT2D eigenvalue weighted by atomic mass is 16.5. The number of nitriles is 1. The van der Waals surface area contributed by atoms with Crippen molar-refractivity contribution in [1.82, 2.24) is 0 Å². The van der Waals surface area contributed by atoms with E-state index in [1.54, 1.807) is 6.07 Å². The largest absolute Gasteiger partial charge is 0.503 e. The smallest absolute Gasteiger partial charge is 0.352 e. The van der Waals surface area contributed by atoms with Crippen molar-refractivity contribution < 1.29 is 14.3 Å². The molecule has 0 radical (unpaired) electrons. The van der Waals surface area contributed by atoms with Gasteiger partial charge in [-0.2, -0.15) is 5.26 Å². The maximum absolute atomic E-state index is 11.0. The third kappa shape index (κ3) is 4.86. The normalized spacial score (nSPS) is 10.4. The molecule has 0 unspecified atom stereocenters. The molecule has 4 heteroatoms. The first-order valence-electron chi connectivity index (χ1n) is 4.06. The average Bonchev–Trinajstić information content (AvgIpc) is 2.14. The van der Waals surface area contributed by atoms with Crippen molar-refractivity contribution in [3.63, 3.8) is 0 Å². The number of nitrogens with zero attached hydrogens (tertiary/aromatic N) is 1. The van der Waals surface area contributed by atoms with Crippen molar-refractivity contribution in [3.8, 4) is 6.07 Å². The first-order chi connectivity index (χ1) is 6.26. The molecule has 0 amide bonds. The van der Waals surface area contributed by atoms with Crippen LogP contribution in [0.25, 0.3) is 0 Å². The van der Waals surface area contributed by atoms with Gasteiger partial charge in [-0.25, -0.2) is 4.79 Å². The Labute approximate surface area is 77.8 Å². The minimum Gasteiger partial charge on any atom is -0.503 e. The molecule has 0 N–H and O–H groups in total. The van der Waals surface area contributed by atoms with Crippen molar-refractivity contribution >= 4 is 5.97 Å². The Balaban J connectivity index is 3.95. The number of methoxy groups -OCH3 is 1. The molecule has 0 saturated carbocycles. The molecule has 0 aromatic carbocycles. The third-order valence-electron chi connectivity index (χ3n) is 1.31. The molecular weight excluding hydrogens is 170 g/mol. The predicted molar refractivity (Wildman–Crippen MR) is 46.6 cm³/mol. The maximum atomic E-state index is 11.0. The molecule has 0 spiro atoms. The first kappa shape index (κ1) is 11.5. The lowest BCUT2D eigenvalue weighted by molar-refractivity contribution is -0.138. The van der Waals surface area contributed by atoms with E-state index in [4.69, 9.17) is 10.00 Å². The molecule has 0 aromatic rings. The highest BCUT2D eigenvalue weighted by Gasteiger charge is 2.09. The number of carbonyl (C=O) groups excluding carboxylic acids is 1. The molecular formula is C9H13NO3. The minimum atomic E-state index is -0.627. The molecule has 0 atom stereocenters. The molecule has 72 valence electrons. The zero-order chi connectivity index (χ0) is 10.1. The fraction of sp³-hybridized carbons (Fsp3) is 0.556. The van der Waals surface area contributed by atoms with Gasteiger partial charge in [0.05, 0.1) is 13.7 Å². The van der Waals surface area contributed by atoms with Gasteiger partial charge < -0.3 is 9.47 Å². The molecule has 0 aromatic heterocycles. The van der Waals surface area contributed by atoms with E-state index in [0.717, 1.165) is 19.1 Å². The number of esters is 1. The van der Waals surface area contributed by atoms with E-state index in [2.05, 4.69) is 4.74 Å². The quantitative estimate of drug-likeness (QED) is 0.212. The summed E-state index contributed by atoms with van der Waals surface area (Å²) in [5.74, 6) is -0.627. The van der Waals surface area contributed by atoms with Crippen molar-refractivity contribution in [1.29, 1.82) is 5.26 Å². The van der Waals surface area contributed by atoms with Gasteiger partial charge in [0.15, 0.2) is 5.57 Å². The van der Waals surface area contributed by atoms with Crippen LogP contribution in [0.4, 0.5) is 0 Å². The van der Waals surface area contributed by atoms with E-state index < -0.39 is 5.97 Å². The number of hydrogen-bond donors (Lipinski definition) is 0. The van der Waals surface area contributed by atoms with E-state index in [-0.39, 0.29) is 5.57 Å². The summed E-state index contributed by atoms with van der Waals surface area (Å²) in [6.07, 6.45) is 2.83. The number of rotatable bonds is 5. The monoisotopic (exact) mass is 183 g/mol. The predicted octanol–water partition coefficient (Wildman–Crippen LogP) is 1.38. The Morgan fingerprint density at radius 2 is 2.31 bits per heavy atom. The van der Waals surface area contributed by atoms with Gasteiger partial charge in [-0.1, -0.05) is 13.3 Å². The van der Waals surface area contributed by atoms with Crippen LogP contribution in [0.1, 0.15) is 19.8 Å². The van der Waals surface area contributed by atoms with Crippen LogP contribution < -0.4 is 0 Å². The average molecular weight is 183 g/mol. The van der Waals surface area contributed by atoms with E-state index in [9.17, 15) is 4.79 Å². The Morgan fingerprint density at radius 3 is 2.77 bits per heavy atom. The Morgan fingerprint density at radius 1 is 1.62 bits per heavy atom. The van der Waals surface area contributed by atoms with Gasteiger partial charge in [0, 0.05) is 0 Å². The maximum Gasteiger partial charge on any atom is 0.352 e. The van der Waals surface area contributed by atoms with Gasteiger partial charge in [0.25, 0.3) is 0 Å². The van der Waals surface area contributed by atoms with Crippen molar-refractivity contribution in [3.05, 3.63) is 11.8 Å². The Hall–Kier alpha value is -1.50. The molecule has 0 fully saturated rings. The first-order valence-corrected chi connectivity index (χ1v) is 4.06. The molecule has 0 aliphatic rings. The summed E-state index contributed by atoms with van der Waals surface area (Å²) in [5, 5.41) is 8.48. The van der Waals surface area contributed by atoms with Gasteiger partial charge in [-0.15, -0.1) is 0 Å². The van der Waals surface area contributed by atoms with Crippen molar-refractivity contribution in [2.24, 2.45) is 0 Å². The van der Waals surface area contributed by atoms with E-state index >= 15 is 0 Å². The number of unbranched alkanes of at least 4 members (excludes halogenated alkanes) is 1. The number of carbonyl (C=O) groups is 1. The van der Waals surface area contributed by atoms with E-state index in [1.165, 1.54) is 7.11 Å². The molecule has 0 aliphatic heterocycles. The van der Waals surface area contributed by atoms with Gasteiger partial charge in [0.1, 0.15) is 12.3 Å². The summed E-state index contributed by atoms with van der Waals surface area (Å²) in [7, 11) is 1.37. The molecule has 13 heavy (non-hydrogen) atoms. The van der Waals surface area contributed by atoms with Crippen LogP contribution in [0.2, 0.25) is 0 Å². The second kappa shape index (κ2) is 7.17. The molecule has 0 heterocycles. The van der Waals surface area contributed by atoms with E-state index in [0.29, 0.717) is 6.61 Å². The fourth-order valence-corrected chi connectivity index (χ4v) is 0.625. The number of ether oxygens (including phenoxy) is 2. The summed E-state index contributed by atoms with van der Waals surface area (Å²) < 4.78 is 9.32. The number of hydrogen-bond acceptors (Lipinski definition) is 4. The fourth-order valence-electron chi connectivity index (χ4n) is 0.625. The van der Waals surface area contributed by atoms with Gasteiger partial charge in [0.2, 0.25) is 0 Å². The molecule has 0 rings (SSSR count). The summed E-state index contributed by atoms with van der Waals surface area (Å²) >= 11 is 0. The summed E-state index contributed by atoms with van der Waals surface area (Å²) in [6.45, 7) is 2.34. The Bertz CT molecular complexity index is 228. The zero-order valence-corrected chi connectivity index (χ0v) is 7.87. The van der Waals surface area contributed by atoms with Crippen LogP contribution in [0.3, 0.4) is 0 Å². The SMILES string of the molecule is CCCCOC(=O)/C(C#N)=C\OC. The lowest BCUT2D eigenvalue weighted by Crippen LogP contribution is -2.08. The van der Waals surface area contributed by atoms with Crippen molar-refractivity contribution in [2.45, 2.75) is 19.8 Å². The van der Waals surface area contributed by atoms with Crippen molar-refractivity contribution in [2.75, 3.05) is 13.7 Å². The second-order valence-corrected chi connectivity index (χ2v) is 2.37. The van der Waals surface area contributed by atoms with E-state index in [1.807, 2.05) is 6.92 Å². The summed E-state index contributed by atoms with van der Waals surface area (Å²) in [4.78, 5) is 11.0. The highest BCUT2D eigenvalue weighted by Crippen LogP contribution is 1.98. The highest BCUT2D eigenvalue weighted by molar-refractivity contribution is 5.92. The van der Waals surface area contributed by atoms with Crippen LogP contribution in [0.5, 0.6) is 0 Å². The lowest BCUT2D eigenvalue weighted by atomic mass is 10.3.